The van der Waals surface area contributed by atoms with Crippen LogP contribution >= 0.6 is 22.7 Å². The summed E-state index contributed by atoms with van der Waals surface area (Å²) in [6.07, 6.45) is 0. The fourth-order valence-corrected chi connectivity index (χ4v) is 15.0. The minimum Gasteiger partial charge on any atom is -0.311 e. The number of hydrogen-bond acceptors (Lipinski definition) is 3. The Bertz CT molecular complexity index is 1880. The first-order valence-corrected chi connectivity index (χ1v) is 17.9. The largest absolute Gasteiger partial charge is 0.311 e. The normalized spacial score (nSPS) is 13.0. The molecule has 42 heavy (non-hydrogen) atoms. The van der Waals surface area contributed by atoms with Gasteiger partial charge in [-0.3, -0.25) is 0 Å². The van der Waals surface area contributed by atoms with Crippen molar-refractivity contribution in [2.24, 2.45) is 0 Å². The zero-order valence-electron chi connectivity index (χ0n) is 22.9. The number of thiophene rings is 2. The molecule has 200 valence electrons. The van der Waals surface area contributed by atoms with E-state index in [0.717, 1.165) is 17.1 Å². The fraction of sp³-hybridized carbons (Fsp3) is 0. The summed E-state index contributed by atoms with van der Waals surface area (Å²) in [5.41, 5.74) is 4.72. The second-order valence-corrected chi connectivity index (χ2v) is 16.3. The maximum Gasteiger partial charge on any atom is 0.182 e. The van der Waals surface area contributed by atoms with E-state index in [1.165, 1.54) is 40.9 Å². The summed E-state index contributed by atoms with van der Waals surface area (Å²) in [4.78, 5) is 6.56. The van der Waals surface area contributed by atoms with E-state index in [1.54, 1.807) is 0 Å². The summed E-state index contributed by atoms with van der Waals surface area (Å²) < 4.78 is 0. The summed E-state index contributed by atoms with van der Waals surface area (Å²) in [5, 5.41) is 8.26. The zero-order valence-corrected chi connectivity index (χ0v) is 25.5. The average Bonchev–Trinajstić information content (AvgIpc) is 3.77. The van der Waals surface area contributed by atoms with Crippen molar-refractivity contribution in [2.75, 3.05) is 4.90 Å². The van der Waals surface area contributed by atoms with Gasteiger partial charge in [0.05, 0.1) is 0 Å². The standard InChI is InChI=1S/C38H27NS2Si/c1-5-13-29(14-6-1)39(30-15-7-2-8-16-30)31-23-21-28(22-24-31)34-27-36-38(41-34)37-35(25-26-40-37)42(36,32-17-9-3-10-18-32)33-19-11-4-12-20-33/h1-27H. The Morgan fingerprint density at radius 3 is 1.50 bits per heavy atom. The van der Waals surface area contributed by atoms with Crippen molar-refractivity contribution >= 4 is 68.6 Å². The predicted octanol–water partition coefficient (Wildman–Crippen LogP) is 8.30. The molecule has 5 aromatic carbocycles. The molecule has 0 saturated carbocycles. The number of hydrogen-bond donors (Lipinski definition) is 0. The molecule has 1 nitrogen and oxygen atoms in total. The van der Waals surface area contributed by atoms with Gasteiger partial charge >= 0.3 is 0 Å². The summed E-state index contributed by atoms with van der Waals surface area (Å²) in [5.74, 6) is 0. The Morgan fingerprint density at radius 1 is 0.452 bits per heavy atom. The third kappa shape index (κ3) is 3.95. The van der Waals surface area contributed by atoms with Crippen molar-refractivity contribution in [1.82, 2.24) is 0 Å². The molecule has 0 fully saturated rings. The maximum absolute atomic E-state index is 2.51. The Kier molecular flexibility index (Phi) is 6.26. The van der Waals surface area contributed by atoms with Gasteiger partial charge in [0, 0.05) is 31.7 Å². The molecule has 4 heteroatoms. The summed E-state index contributed by atoms with van der Waals surface area (Å²) in [6.45, 7) is 0. The van der Waals surface area contributed by atoms with Crippen LogP contribution in [0.3, 0.4) is 0 Å². The molecule has 0 aliphatic carbocycles. The second kappa shape index (κ2) is 10.4. The number of fused-ring (bicyclic) bond motifs is 3. The maximum atomic E-state index is 2.51. The van der Waals surface area contributed by atoms with E-state index < -0.39 is 8.07 Å². The van der Waals surface area contributed by atoms with Crippen molar-refractivity contribution in [3.63, 3.8) is 0 Å². The number of rotatable bonds is 6. The first-order chi connectivity index (χ1) is 20.8. The van der Waals surface area contributed by atoms with Gasteiger partial charge in [-0.05, 0) is 74.2 Å². The van der Waals surface area contributed by atoms with Gasteiger partial charge in [0.25, 0.3) is 0 Å². The SMILES string of the molecule is c1ccc(N(c2ccccc2)c2ccc(-c3cc4c(s3)-c3sccc3[Si]4(c3ccccc3)c3ccccc3)cc2)cc1. The molecule has 1 aliphatic heterocycles. The van der Waals surface area contributed by atoms with E-state index in [2.05, 4.69) is 168 Å². The van der Waals surface area contributed by atoms with E-state index in [9.17, 15) is 0 Å². The number of anilines is 3. The highest BCUT2D eigenvalue weighted by atomic mass is 32.1. The molecule has 7 aromatic rings. The van der Waals surface area contributed by atoms with Crippen LogP contribution in [0.25, 0.3) is 20.2 Å². The molecule has 0 saturated heterocycles. The lowest BCUT2D eigenvalue weighted by Crippen LogP contribution is -2.72. The van der Waals surface area contributed by atoms with Gasteiger partial charge in [-0.1, -0.05) is 115 Å². The Hall–Kier alpha value is -4.48. The van der Waals surface area contributed by atoms with E-state index in [0.29, 0.717) is 0 Å². The smallest absolute Gasteiger partial charge is 0.182 e. The molecule has 0 radical (unpaired) electrons. The van der Waals surface area contributed by atoms with E-state index in [4.69, 9.17) is 0 Å². The van der Waals surface area contributed by atoms with Crippen LogP contribution in [0.15, 0.2) is 163 Å². The van der Waals surface area contributed by atoms with Crippen LogP contribution in [-0.2, 0) is 0 Å². The van der Waals surface area contributed by atoms with Gasteiger partial charge in [-0.2, -0.15) is 0 Å². The first-order valence-electron chi connectivity index (χ1n) is 14.2. The highest BCUT2D eigenvalue weighted by Gasteiger charge is 2.50. The van der Waals surface area contributed by atoms with Crippen molar-refractivity contribution in [3.8, 4) is 20.2 Å². The van der Waals surface area contributed by atoms with Crippen LogP contribution in [0.1, 0.15) is 0 Å². The van der Waals surface area contributed by atoms with Crippen LogP contribution < -0.4 is 25.6 Å². The minimum atomic E-state index is -2.39. The predicted molar refractivity (Wildman–Crippen MR) is 185 cm³/mol. The van der Waals surface area contributed by atoms with Crippen LogP contribution in [0.2, 0.25) is 0 Å². The molecule has 0 spiro atoms. The molecule has 0 N–H and O–H groups in total. The fourth-order valence-electron chi connectivity index (χ4n) is 6.45. The number of para-hydroxylation sites is 2. The molecular weight excluding hydrogens is 563 g/mol. The molecule has 0 amide bonds. The molecule has 1 aliphatic rings. The van der Waals surface area contributed by atoms with Gasteiger partial charge in [-0.25, -0.2) is 0 Å². The van der Waals surface area contributed by atoms with Gasteiger partial charge in [0.15, 0.2) is 8.07 Å². The first kappa shape index (κ1) is 25.2. The molecule has 8 rings (SSSR count). The third-order valence-corrected chi connectivity index (χ3v) is 15.7. The summed E-state index contributed by atoms with van der Waals surface area (Å²) in [6, 6.07) is 57.7. The van der Waals surface area contributed by atoms with Gasteiger partial charge in [0.2, 0.25) is 0 Å². The summed E-state index contributed by atoms with van der Waals surface area (Å²) in [7, 11) is -2.39. The average molecular weight is 590 g/mol. The van der Waals surface area contributed by atoms with Gasteiger partial charge in [-0.15, -0.1) is 22.7 Å². The van der Waals surface area contributed by atoms with Gasteiger partial charge < -0.3 is 4.90 Å². The Morgan fingerprint density at radius 2 is 0.952 bits per heavy atom. The minimum absolute atomic E-state index is 1.15. The highest BCUT2D eigenvalue weighted by Crippen LogP contribution is 2.42. The van der Waals surface area contributed by atoms with Crippen molar-refractivity contribution in [2.45, 2.75) is 0 Å². The Labute approximate surface area is 255 Å². The number of nitrogens with zero attached hydrogens (tertiary/aromatic N) is 1. The van der Waals surface area contributed by atoms with Crippen molar-refractivity contribution < 1.29 is 0 Å². The van der Waals surface area contributed by atoms with Crippen LogP contribution in [-0.4, -0.2) is 8.07 Å². The van der Waals surface area contributed by atoms with Gasteiger partial charge in [0.1, 0.15) is 0 Å². The lowest BCUT2D eigenvalue weighted by atomic mass is 10.1. The molecular formula is C38H27NS2Si. The van der Waals surface area contributed by atoms with Crippen molar-refractivity contribution in [1.29, 1.82) is 0 Å². The Balaban J connectivity index is 1.26. The quantitative estimate of drug-likeness (QED) is 0.176. The van der Waals surface area contributed by atoms with Crippen LogP contribution in [0.5, 0.6) is 0 Å². The highest BCUT2D eigenvalue weighted by molar-refractivity contribution is 7.34. The molecule has 0 atom stereocenters. The molecule has 2 aromatic heterocycles. The van der Waals surface area contributed by atoms with E-state index in [1.807, 2.05) is 22.7 Å². The number of benzene rings is 5. The van der Waals surface area contributed by atoms with E-state index in [-0.39, 0.29) is 0 Å². The topological polar surface area (TPSA) is 3.24 Å². The van der Waals surface area contributed by atoms with Crippen LogP contribution in [0.4, 0.5) is 17.1 Å². The molecule has 0 unspecified atom stereocenters. The third-order valence-electron chi connectivity index (χ3n) is 8.26. The lowest BCUT2D eigenvalue weighted by molar-refractivity contribution is 1.28. The van der Waals surface area contributed by atoms with E-state index >= 15 is 0 Å². The molecule has 3 heterocycles. The second-order valence-electron chi connectivity index (χ2n) is 10.6. The molecule has 0 bridgehead atoms. The van der Waals surface area contributed by atoms with Crippen molar-refractivity contribution in [3.05, 3.63) is 163 Å². The summed E-state index contributed by atoms with van der Waals surface area (Å²) >= 11 is 3.85. The zero-order chi connectivity index (χ0) is 27.9. The van der Waals surface area contributed by atoms with Crippen LogP contribution in [0, 0.1) is 0 Å². The lowest BCUT2D eigenvalue weighted by Gasteiger charge is -2.29. The monoisotopic (exact) mass is 589 g/mol.